The minimum Gasteiger partial charge on any atom is -0.459 e. The number of non-ortho nitro benzene ring substituents is 2. The van der Waals surface area contributed by atoms with E-state index in [4.69, 9.17) is 33.2 Å². The second-order valence-corrected chi connectivity index (χ2v) is 12.8. The third-order valence-corrected chi connectivity index (χ3v) is 9.17. The van der Waals surface area contributed by atoms with E-state index in [1.165, 1.54) is 19.2 Å². The number of ketones is 1. The predicted octanol–water partition coefficient (Wildman–Crippen LogP) is 3.24. The molecule has 3 heterocycles. The number of hydrogen-bond acceptors (Lipinski definition) is 19. The van der Waals surface area contributed by atoms with E-state index in [1.807, 2.05) is 0 Å². The number of Topliss-reactive ketones (excluding diaryl/α,β-unsaturated/α-hetero) is 1. The van der Waals surface area contributed by atoms with Crippen molar-refractivity contribution in [1.29, 1.82) is 0 Å². The van der Waals surface area contributed by atoms with Gasteiger partial charge in [-0.05, 0) is 29.8 Å². The van der Waals surface area contributed by atoms with Gasteiger partial charge in [0.05, 0.1) is 44.0 Å². The topological polar surface area (TPSA) is 317 Å². The van der Waals surface area contributed by atoms with Crippen molar-refractivity contribution in [2.75, 3.05) is 20.5 Å². The Labute approximate surface area is 323 Å². The molecular formula is C34H29N5O19. The molecular weight excluding hydrogens is 782 g/mol. The molecule has 1 amide bonds. The molecule has 0 radical (unpaired) electrons. The smallest absolute Gasteiger partial charge is 0.346 e. The number of amides is 1. The molecule has 3 aromatic rings. The average Bonchev–Trinajstić information content (AvgIpc) is 3.67. The quantitative estimate of drug-likeness (QED) is 0.156. The molecule has 5 atom stereocenters. The molecule has 4 unspecified atom stereocenters. The van der Waals surface area contributed by atoms with Gasteiger partial charge in [0, 0.05) is 50.6 Å². The number of nitrogens with one attached hydrogen (secondary N) is 1. The van der Waals surface area contributed by atoms with E-state index < -0.39 is 121 Å². The fourth-order valence-electron chi connectivity index (χ4n) is 6.34. The third kappa shape index (κ3) is 8.77. The second-order valence-electron chi connectivity index (χ2n) is 12.8. The van der Waals surface area contributed by atoms with E-state index in [1.54, 1.807) is 0 Å². The molecule has 0 spiro atoms. The van der Waals surface area contributed by atoms with Crippen LogP contribution in [0.25, 0.3) is 0 Å². The highest BCUT2D eigenvalue weighted by Gasteiger charge is 2.42. The van der Waals surface area contributed by atoms with Crippen molar-refractivity contribution in [3.63, 3.8) is 0 Å². The molecule has 6 rings (SSSR count). The largest absolute Gasteiger partial charge is 0.459 e. The highest BCUT2D eigenvalue weighted by Crippen LogP contribution is 2.37. The molecule has 1 N–H and O–H groups in total. The van der Waals surface area contributed by atoms with E-state index in [-0.39, 0.29) is 43.2 Å². The van der Waals surface area contributed by atoms with Gasteiger partial charge in [-0.2, -0.15) is 0 Å². The van der Waals surface area contributed by atoms with Gasteiger partial charge < -0.3 is 38.5 Å². The van der Waals surface area contributed by atoms with Crippen molar-refractivity contribution in [3.05, 3.63) is 111 Å². The normalized spacial score (nSPS) is 21.3. The highest BCUT2D eigenvalue weighted by molar-refractivity contribution is 6.01. The van der Waals surface area contributed by atoms with Gasteiger partial charge >= 0.3 is 11.9 Å². The zero-order valence-corrected chi connectivity index (χ0v) is 29.8. The molecule has 1 fully saturated rings. The fraction of sp³-hybridized carbons (Fsp3) is 0.353. The first-order chi connectivity index (χ1) is 27.6. The van der Waals surface area contributed by atoms with E-state index in [0.717, 1.165) is 24.3 Å². The lowest BCUT2D eigenvalue weighted by Crippen LogP contribution is -2.49. The number of methoxy groups -OCH3 is 1. The molecule has 3 aliphatic heterocycles. The van der Waals surface area contributed by atoms with Crippen LogP contribution in [0.1, 0.15) is 55.9 Å². The number of nitro groups is 4. The summed E-state index contributed by atoms with van der Waals surface area (Å²) in [5, 5.41) is 48.4. The van der Waals surface area contributed by atoms with Crippen LogP contribution in [0.2, 0.25) is 0 Å². The first-order valence-electron chi connectivity index (χ1n) is 16.9. The van der Waals surface area contributed by atoms with Gasteiger partial charge in [-0.15, -0.1) is 0 Å². The van der Waals surface area contributed by atoms with Crippen LogP contribution < -0.4 is 14.8 Å². The number of benzene rings is 3. The number of ether oxygens (including phenoxy) is 7. The lowest BCUT2D eigenvalue weighted by atomic mass is 9.97. The minimum absolute atomic E-state index is 0.0646. The second kappa shape index (κ2) is 16.9. The Morgan fingerprint density at radius 2 is 1.41 bits per heavy atom. The lowest BCUT2D eigenvalue weighted by molar-refractivity contribution is -0.394. The molecule has 24 heteroatoms. The Bertz CT molecular complexity index is 2230. The number of fused-ring (bicyclic) bond motifs is 2. The summed E-state index contributed by atoms with van der Waals surface area (Å²) in [5.74, 6) is -3.81. The van der Waals surface area contributed by atoms with Gasteiger partial charge in [-0.3, -0.25) is 50.0 Å². The highest BCUT2D eigenvalue weighted by atomic mass is 16.7. The van der Waals surface area contributed by atoms with Crippen LogP contribution in [-0.4, -0.2) is 94.5 Å². The molecule has 24 nitrogen and oxygen atoms in total. The van der Waals surface area contributed by atoms with Crippen molar-refractivity contribution in [1.82, 2.24) is 5.32 Å². The summed E-state index contributed by atoms with van der Waals surface area (Å²) in [4.78, 5) is 96.2. The molecule has 3 aliphatic rings. The van der Waals surface area contributed by atoms with Crippen LogP contribution in [0.5, 0.6) is 11.5 Å². The van der Waals surface area contributed by atoms with Crippen LogP contribution in [0.3, 0.4) is 0 Å². The van der Waals surface area contributed by atoms with Crippen molar-refractivity contribution >= 4 is 46.4 Å². The van der Waals surface area contributed by atoms with Crippen molar-refractivity contribution in [2.45, 2.75) is 56.5 Å². The molecule has 1 saturated heterocycles. The van der Waals surface area contributed by atoms with Crippen molar-refractivity contribution in [3.8, 4) is 11.5 Å². The summed E-state index contributed by atoms with van der Waals surface area (Å²) in [6.45, 7) is -0.973. The van der Waals surface area contributed by atoms with Crippen LogP contribution in [0, 0.1) is 40.5 Å². The van der Waals surface area contributed by atoms with Gasteiger partial charge in [0.2, 0.25) is 12.9 Å². The fourth-order valence-corrected chi connectivity index (χ4v) is 6.34. The van der Waals surface area contributed by atoms with Gasteiger partial charge in [-0.25, -0.2) is 9.59 Å². The monoisotopic (exact) mass is 811 g/mol. The zero-order valence-electron chi connectivity index (χ0n) is 29.8. The van der Waals surface area contributed by atoms with Crippen LogP contribution in [0.4, 0.5) is 22.7 Å². The number of hydrogen-bond donors (Lipinski definition) is 1. The molecule has 3 aromatic carbocycles. The summed E-state index contributed by atoms with van der Waals surface area (Å²) in [6, 6.07) is 7.34. The van der Waals surface area contributed by atoms with Gasteiger partial charge in [0.1, 0.15) is 23.8 Å². The Morgan fingerprint density at radius 3 is 2.00 bits per heavy atom. The maximum Gasteiger partial charge on any atom is 0.346 e. The van der Waals surface area contributed by atoms with Crippen LogP contribution in [-0.2, 0) is 35.0 Å². The number of carbonyl (C=O) groups excluding carboxylic acids is 4. The van der Waals surface area contributed by atoms with E-state index in [0.29, 0.717) is 17.7 Å². The Kier molecular flexibility index (Phi) is 11.8. The van der Waals surface area contributed by atoms with E-state index in [2.05, 4.69) is 5.32 Å². The number of esters is 2. The number of nitrogens with zero attached hydrogens (tertiary/aromatic N) is 4. The first-order valence-corrected chi connectivity index (χ1v) is 16.9. The van der Waals surface area contributed by atoms with Crippen molar-refractivity contribution < 1.29 is 72.0 Å². The van der Waals surface area contributed by atoms with Crippen LogP contribution >= 0.6 is 0 Å². The third-order valence-electron chi connectivity index (χ3n) is 9.17. The van der Waals surface area contributed by atoms with Gasteiger partial charge in [-0.1, -0.05) is 0 Å². The lowest BCUT2D eigenvalue weighted by Gasteiger charge is -2.37. The maximum atomic E-state index is 13.9. The summed E-state index contributed by atoms with van der Waals surface area (Å²) in [7, 11) is 1.34. The molecule has 304 valence electrons. The van der Waals surface area contributed by atoms with E-state index in [9.17, 15) is 59.6 Å². The summed E-state index contributed by atoms with van der Waals surface area (Å²) < 4.78 is 39.2. The predicted molar refractivity (Wildman–Crippen MR) is 186 cm³/mol. The standard InChI is InChI=1S/C34H29N5O19/c1-52-19-9-20(14-53-33(42)21-4-2-17(36(44)45)7-24(21)38(48)49)56-30(10-19)57-29-12-26(40)23-11-28-27(54-15-55-28)6-16(23)13-35-32(41)31(29)58-34(43)22-5-3-18(37(46)47)8-25(22)39(50)51/h2-8,11,19-20,29-31H,9-10,12-15H2,1H3,(H,35,41)/t19?,20?,29?,30?,31-/m0/s1. The Balaban J connectivity index is 1.27. The number of nitro benzene ring substituents is 4. The maximum absolute atomic E-state index is 13.9. The molecule has 0 bridgehead atoms. The van der Waals surface area contributed by atoms with Gasteiger partial charge in [0.15, 0.2) is 23.6 Å². The molecule has 0 aromatic heterocycles. The summed E-state index contributed by atoms with van der Waals surface area (Å²) in [6.07, 6.45) is -7.46. The average molecular weight is 812 g/mol. The first kappa shape index (κ1) is 40.5. The van der Waals surface area contributed by atoms with E-state index >= 15 is 0 Å². The SMILES string of the molecule is COC1CC(COC(=O)c2ccc([N+](=O)[O-])cc2[N+](=O)[O-])OC(OC2CC(=O)c3cc4c(cc3CNC(=O)[C@H]2OC(=O)c2ccc([N+](=O)[O-])cc2[N+](=O)[O-])OCO4)C1. The minimum atomic E-state index is -2.01. The Hall–Kier alpha value is -7.18. The molecule has 58 heavy (non-hydrogen) atoms. The van der Waals surface area contributed by atoms with Crippen molar-refractivity contribution in [2.24, 2.45) is 0 Å². The van der Waals surface area contributed by atoms with Gasteiger partial charge in [0.25, 0.3) is 28.7 Å². The number of carbonyl (C=O) groups is 4. The molecule has 0 aliphatic carbocycles. The summed E-state index contributed by atoms with van der Waals surface area (Å²) in [5.41, 5.74) is -4.20. The summed E-state index contributed by atoms with van der Waals surface area (Å²) >= 11 is 0. The number of rotatable bonds is 12. The zero-order chi connectivity index (χ0) is 41.8. The molecule has 0 saturated carbocycles. The Morgan fingerprint density at radius 1 is 0.810 bits per heavy atom. The van der Waals surface area contributed by atoms with Crippen LogP contribution in [0.15, 0.2) is 48.5 Å².